The van der Waals surface area contributed by atoms with Gasteiger partial charge in [-0.05, 0) is 95.4 Å². The fourth-order valence-electron chi connectivity index (χ4n) is 4.76. The summed E-state index contributed by atoms with van der Waals surface area (Å²) in [5, 5.41) is 5.95. The lowest BCUT2D eigenvalue weighted by atomic mass is 9.99. The second kappa shape index (κ2) is 12.4. The van der Waals surface area contributed by atoms with E-state index >= 15 is 0 Å². The van der Waals surface area contributed by atoms with Crippen molar-refractivity contribution < 1.29 is 30.7 Å². The van der Waals surface area contributed by atoms with E-state index in [1.807, 2.05) is 36.4 Å². The number of piperidine rings is 1. The van der Waals surface area contributed by atoms with Crippen LogP contribution in [0.2, 0.25) is 0 Å². The number of hydrogen-bond donors (Lipinski definition) is 4. The summed E-state index contributed by atoms with van der Waals surface area (Å²) in [7, 11) is -9.51. The number of benzene rings is 4. The largest absolute Gasteiger partial charge is 0.334 e. The zero-order chi connectivity index (χ0) is 29.9. The molecule has 0 spiro atoms. The van der Waals surface area contributed by atoms with Crippen molar-refractivity contribution in [2.75, 3.05) is 18.4 Å². The Hall–Kier alpha value is -3.46. The van der Waals surface area contributed by atoms with Crippen LogP contribution in [0, 0.1) is 0 Å². The van der Waals surface area contributed by atoms with Crippen LogP contribution in [0.15, 0.2) is 93.5 Å². The third kappa shape index (κ3) is 7.48. The molecule has 0 atom stereocenters. The number of carbonyl (C=O) groups is 1. The van der Waals surface area contributed by atoms with E-state index in [1.54, 1.807) is 30.1 Å². The number of urea groups is 1. The molecule has 2 amide bonds. The number of hydrogen-bond acceptors (Lipinski definition) is 7. The maximum Gasteiger partial charge on any atom is 0.319 e. The molecule has 0 aliphatic carbocycles. The number of fused-ring (bicyclic) bond motifs is 1. The van der Waals surface area contributed by atoms with Crippen LogP contribution in [0.4, 0.5) is 10.5 Å². The third-order valence-electron chi connectivity index (χ3n) is 6.84. The van der Waals surface area contributed by atoms with Gasteiger partial charge in [0.25, 0.3) is 20.2 Å². The first-order valence-corrected chi connectivity index (χ1v) is 16.8. The Morgan fingerprint density at radius 1 is 0.810 bits per heavy atom. The molecule has 1 aliphatic heterocycles. The van der Waals surface area contributed by atoms with Gasteiger partial charge in [0, 0.05) is 35.6 Å². The van der Waals surface area contributed by atoms with Crippen molar-refractivity contribution in [3.8, 4) is 11.1 Å². The molecule has 0 saturated carbocycles. The highest BCUT2D eigenvalue weighted by atomic mass is 32.2. The van der Waals surface area contributed by atoms with Gasteiger partial charge in [0.15, 0.2) is 0 Å². The minimum absolute atomic E-state index is 0.0886. The Labute approximate surface area is 248 Å². The van der Waals surface area contributed by atoms with Crippen LogP contribution >= 0.6 is 11.9 Å². The van der Waals surface area contributed by atoms with E-state index in [4.69, 9.17) is 0 Å². The lowest BCUT2D eigenvalue weighted by Crippen LogP contribution is -2.28. The molecule has 1 fully saturated rings. The Bertz CT molecular complexity index is 1840. The van der Waals surface area contributed by atoms with Crippen molar-refractivity contribution in [2.24, 2.45) is 0 Å². The number of nitrogens with zero attached hydrogens (tertiary/aromatic N) is 1. The van der Waals surface area contributed by atoms with Crippen molar-refractivity contribution in [1.82, 2.24) is 9.62 Å². The van der Waals surface area contributed by atoms with Gasteiger partial charge in [0.2, 0.25) is 0 Å². The average Bonchev–Trinajstić information content (AvgIpc) is 2.96. The number of anilines is 1. The predicted molar refractivity (Wildman–Crippen MR) is 163 cm³/mol. The molecule has 1 aliphatic rings. The number of amides is 2. The zero-order valence-electron chi connectivity index (χ0n) is 22.4. The fourth-order valence-corrected chi connectivity index (χ4v) is 7.11. The Kier molecular flexibility index (Phi) is 8.87. The highest BCUT2D eigenvalue weighted by molar-refractivity contribution is 7.97. The molecule has 13 heteroatoms. The molecule has 1 saturated heterocycles. The molecule has 4 aromatic carbocycles. The Morgan fingerprint density at radius 2 is 1.52 bits per heavy atom. The number of carbonyl (C=O) groups excluding carboxylic acids is 1. The van der Waals surface area contributed by atoms with Gasteiger partial charge in [-0.15, -0.1) is 0 Å². The Balaban J connectivity index is 1.27. The molecule has 4 N–H and O–H groups in total. The van der Waals surface area contributed by atoms with E-state index in [-0.39, 0.29) is 23.3 Å². The van der Waals surface area contributed by atoms with E-state index in [1.165, 1.54) is 31.4 Å². The van der Waals surface area contributed by atoms with Gasteiger partial charge < -0.3 is 10.6 Å². The van der Waals surface area contributed by atoms with E-state index < -0.39 is 30.0 Å². The summed E-state index contributed by atoms with van der Waals surface area (Å²) in [5.41, 5.74) is 2.76. The van der Waals surface area contributed by atoms with E-state index in [2.05, 4.69) is 14.9 Å². The van der Waals surface area contributed by atoms with E-state index in [0.29, 0.717) is 16.8 Å². The second-order valence-electron chi connectivity index (χ2n) is 9.92. The van der Waals surface area contributed by atoms with Crippen LogP contribution in [0.3, 0.4) is 0 Å². The number of rotatable bonds is 8. The maximum absolute atomic E-state index is 12.5. The van der Waals surface area contributed by atoms with Crippen LogP contribution < -0.4 is 10.6 Å². The van der Waals surface area contributed by atoms with Crippen LogP contribution in [0.5, 0.6) is 0 Å². The highest BCUT2D eigenvalue weighted by Gasteiger charge is 2.21. The van der Waals surface area contributed by atoms with Crippen molar-refractivity contribution in [3.63, 3.8) is 0 Å². The van der Waals surface area contributed by atoms with Gasteiger partial charge in [-0.2, -0.15) is 16.8 Å². The quantitative estimate of drug-likeness (QED) is 0.140. The molecular formula is C29H29N3O7S3. The van der Waals surface area contributed by atoms with Gasteiger partial charge in [0.1, 0.15) is 4.90 Å². The molecule has 1 heterocycles. The van der Waals surface area contributed by atoms with Crippen molar-refractivity contribution in [2.45, 2.75) is 40.5 Å². The minimum atomic E-state index is -4.81. The molecule has 4 aromatic rings. The molecule has 10 nitrogen and oxygen atoms in total. The van der Waals surface area contributed by atoms with Gasteiger partial charge in [-0.25, -0.2) is 9.10 Å². The monoisotopic (exact) mass is 627 g/mol. The third-order valence-corrected chi connectivity index (χ3v) is 9.67. The summed E-state index contributed by atoms with van der Waals surface area (Å²) in [4.78, 5) is 12.4. The summed E-state index contributed by atoms with van der Waals surface area (Å²) in [6.45, 7) is 2.39. The summed E-state index contributed by atoms with van der Waals surface area (Å²) in [6, 6.07) is 21.1. The van der Waals surface area contributed by atoms with Gasteiger partial charge in [-0.1, -0.05) is 36.8 Å². The van der Waals surface area contributed by atoms with Crippen molar-refractivity contribution >= 4 is 54.7 Å². The maximum atomic E-state index is 12.5. The van der Waals surface area contributed by atoms with Crippen LogP contribution in [-0.2, 0) is 26.8 Å². The zero-order valence-corrected chi connectivity index (χ0v) is 24.8. The molecule has 0 bridgehead atoms. The summed E-state index contributed by atoms with van der Waals surface area (Å²) < 4.78 is 68.8. The summed E-state index contributed by atoms with van der Waals surface area (Å²) in [5.74, 6) is 0. The number of nitrogens with one attached hydrogen (secondary N) is 2. The molecule has 0 radical (unpaired) electrons. The molecular weight excluding hydrogens is 599 g/mol. The molecule has 0 unspecified atom stereocenters. The first-order valence-electron chi connectivity index (χ1n) is 13.2. The first-order chi connectivity index (χ1) is 20.0. The molecule has 42 heavy (non-hydrogen) atoms. The second-order valence-corrected chi connectivity index (χ2v) is 13.9. The first kappa shape index (κ1) is 30.0. The summed E-state index contributed by atoms with van der Waals surface area (Å²) in [6.07, 6.45) is 3.71. The normalized spacial score (nSPS) is 14.5. The predicted octanol–water partition coefficient (Wildman–Crippen LogP) is 5.81. The Morgan fingerprint density at radius 3 is 2.21 bits per heavy atom. The van der Waals surface area contributed by atoms with Crippen molar-refractivity contribution in [1.29, 1.82) is 0 Å². The van der Waals surface area contributed by atoms with Crippen LogP contribution in [-0.4, -0.2) is 49.4 Å². The smallest absolute Gasteiger partial charge is 0.319 e. The van der Waals surface area contributed by atoms with Gasteiger partial charge in [0.05, 0.1) is 4.90 Å². The van der Waals surface area contributed by atoms with Gasteiger partial charge in [-0.3, -0.25) is 9.11 Å². The summed E-state index contributed by atoms with van der Waals surface area (Å²) >= 11 is 1.73. The average molecular weight is 628 g/mol. The molecule has 220 valence electrons. The fraction of sp³-hybridized carbons (Fsp3) is 0.207. The van der Waals surface area contributed by atoms with E-state index in [0.717, 1.165) is 35.7 Å². The molecule has 0 aromatic heterocycles. The van der Waals surface area contributed by atoms with Crippen molar-refractivity contribution in [3.05, 3.63) is 84.4 Å². The highest BCUT2D eigenvalue weighted by Crippen LogP contribution is 2.32. The minimum Gasteiger partial charge on any atom is -0.334 e. The van der Waals surface area contributed by atoms with Crippen LogP contribution in [0.25, 0.3) is 21.9 Å². The SMILES string of the molecule is O=C(NCc1cccc(-c2ccc3cc(S(=O)(=O)O)cc(S(=O)(=O)O)c3c2)c1)Nc1ccc(SN2CCCCC2)cc1. The van der Waals surface area contributed by atoms with Gasteiger partial charge >= 0.3 is 6.03 Å². The topological polar surface area (TPSA) is 153 Å². The standard InChI is InChI=1S/C29H29N3O7S3/c33-29(31-24-9-11-25(12-10-24)40-32-13-2-1-3-14-32)30-19-20-5-4-6-21(15-20)22-7-8-23-16-26(41(34,35)36)18-28(27(23)17-22)42(37,38)39/h4-12,15-18H,1-3,13-14,19H2,(H2,30,31,33)(H,34,35,36)(H,37,38,39). The van der Waals surface area contributed by atoms with E-state index in [9.17, 15) is 30.7 Å². The molecule has 5 rings (SSSR count). The lowest BCUT2D eigenvalue weighted by Gasteiger charge is -2.25. The van der Waals surface area contributed by atoms with Crippen LogP contribution in [0.1, 0.15) is 24.8 Å². The lowest BCUT2D eigenvalue weighted by molar-refractivity contribution is 0.251.